The molecule has 146 valence electrons. The minimum absolute atomic E-state index is 0.0167. The van der Waals surface area contributed by atoms with Crippen LogP contribution in [0.1, 0.15) is 58.0 Å². The first-order valence-corrected chi connectivity index (χ1v) is 10.5. The van der Waals surface area contributed by atoms with Crippen LogP contribution in [0.25, 0.3) is 5.52 Å². The van der Waals surface area contributed by atoms with Gasteiger partial charge >= 0.3 is 0 Å². The molecule has 0 radical (unpaired) electrons. The standard InChI is InChI=1S/C20H21ClN4O2S/c1-11(2)22-18(26)15-12-7-3-4-9-14(12)28-20(15)23-19(27)17-16(21)13-8-5-6-10-25(13)24-17/h5-6,8,10-11H,3-4,7,9H2,1-2H3,(H,22,26)(H,23,27). The number of anilines is 1. The van der Waals surface area contributed by atoms with Crippen molar-refractivity contribution in [1.29, 1.82) is 0 Å². The molecule has 0 fully saturated rings. The maximum absolute atomic E-state index is 12.9. The Labute approximate surface area is 171 Å². The van der Waals surface area contributed by atoms with Crippen molar-refractivity contribution in [2.45, 2.75) is 45.6 Å². The molecule has 2 N–H and O–H groups in total. The molecule has 2 amide bonds. The molecule has 0 spiro atoms. The largest absolute Gasteiger partial charge is 0.350 e. The highest BCUT2D eigenvalue weighted by molar-refractivity contribution is 7.17. The zero-order valence-corrected chi connectivity index (χ0v) is 17.3. The lowest BCUT2D eigenvalue weighted by molar-refractivity contribution is 0.0943. The van der Waals surface area contributed by atoms with Gasteiger partial charge in [-0.15, -0.1) is 11.3 Å². The van der Waals surface area contributed by atoms with E-state index in [0.717, 1.165) is 31.2 Å². The minimum atomic E-state index is -0.411. The Morgan fingerprint density at radius 2 is 2.00 bits per heavy atom. The summed E-state index contributed by atoms with van der Waals surface area (Å²) in [6, 6.07) is 5.48. The van der Waals surface area contributed by atoms with Crippen molar-refractivity contribution in [1.82, 2.24) is 14.9 Å². The molecule has 0 aliphatic heterocycles. The number of nitrogens with one attached hydrogen (secondary N) is 2. The molecule has 1 aliphatic rings. The van der Waals surface area contributed by atoms with Gasteiger partial charge in [0.15, 0.2) is 5.69 Å². The number of nitrogens with zero attached hydrogens (tertiary/aromatic N) is 2. The van der Waals surface area contributed by atoms with Gasteiger partial charge in [-0.05, 0) is 57.2 Å². The summed E-state index contributed by atoms with van der Waals surface area (Å²) in [7, 11) is 0. The van der Waals surface area contributed by atoms with Gasteiger partial charge in [0.25, 0.3) is 11.8 Å². The van der Waals surface area contributed by atoms with E-state index in [1.807, 2.05) is 26.0 Å². The van der Waals surface area contributed by atoms with Crippen molar-refractivity contribution in [3.05, 3.63) is 51.1 Å². The van der Waals surface area contributed by atoms with Crippen LogP contribution in [-0.4, -0.2) is 27.5 Å². The van der Waals surface area contributed by atoms with E-state index in [0.29, 0.717) is 21.1 Å². The van der Waals surface area contributed by atoms with Gasteiger partial charge in [0.1, 0.15) is 5.00 Å². The number of thiophene rings is 1. The summed E-state index contributed by atoms with van der Waals surface area (Å²) < 4.78 is 1.57. The third-order valence-electron chi connectivity index (χ3n) is 4.74. The van der Waals surface area contributed by atoms with Crippen LogP contribution in [0.4, 0.5) is 5.00 Å². The molecule has 8 heteroatoms. The number of aromatic nitrogens is 2. The smallest absolute Gasteiger partial charge is 0.278 e. The van der Waals surface area contributed by atoms with Gasteiger partial charge in [0.05, 0.1) is 16.1 Å². The van der Waals surface area contributed by atoms with Crippen LogP contribution in [-0.2, 0) is 12.8 Å². The normalized spacial score (nSPS) is 13.6. The van der Waals surface area contributed by atoms with E-state index in [9.17, 15) is 9.59 Å². The van der Waals surface area contributed by atoms with Crippen LogP contribution in [0.5, 0.6) is 0 Å². The molecule has 4 rings (SSSR count). The summed E-state index contributed by atoms with van der Waals surface area (Å²) in [5, 5.41) is 11.0. The van der Waals surface area contributed by atoms with E-state index < -0.39 is 5.91 Å². The van der Waals surface area contributed by atoms with Crippen molar-refractivity contribution in [2.75, 3.05) is 5.32 Å². The van der Waals surface area contributed by atoms with Crippen LogP contribution >= 0.6 is 22.9 Å². The number of aryl methyl sites for hydroxylation is 1. The lowest BCUT2D eigenvalue weighted by Gasteiger charge is -2.14. The highest BCUT2D eigenvalue weighted by Crippen LogP contribution is 2.38. The first kappa shape index (κ1) is 19.0. The number of amides is 2. The van der Waals surface area contributed by atoms with Crippen molar-refractivity contribution < 1.29 is 9.59 Å². The Bertz CT molecular complexity index is 1070. The molecule has 0 aromatic carbocycles. The highest BCUT2D eigenvalue weighted by atomic mass is 35.5. The fraction of sp³-hybridized carbons (Fsp3) is 0.350. The number of rotatable bonds is 4. The van der Waals surface area contributed by atoms with E-state index in [2.05, 4.69) is 15.7 Å². The molecule has 28 heavy (non-hydrogen) atoms. The topological polar surface area (TPSA) is 75.5 Å². The third-order valence-corrected chi connectivity index (χ3v) is 6.32. The summed E-state index contributed by atoms with van der Waals surface area (Å²) >= 11 is 7.85. The lowest BCUT2D eigenvalue weighted by atomic mass is 9.95. The van der Waals surface area contributed by atoms with Gasteiger partial charge in [-0.1, -0.05) is 17.7 Å². The Kier molecular flexibility index (Phi) is 5.12. The number of carbonyl (C=O) groups is 2. The maximum atomic E-state index is 12.9. The quantitative estimate of drug-likeness (QED) is 0.665. The van der Waals surface area contributed by atoms with Crippen molar-refractivity contribution in [3.63, 3.8) is 0 Å². The first-order chi connectivity index (χ1) is 13.5. The van der Waals surface area contributed by atoms with Crippen molar-refractivity contribution in [3.8, 4) is 0 Å². The molecule has 3 aromatic heterocycles. The van der Waals surface area contributed by atoms with Gasteiger partial charge in [-0.2, -0.15) is 5.10 Å². The fourth-order valence-electron chi connectivity index (χ4n) is 3.50. The zero-order chi connectivity index (χ0) is 19.8. The summed E-state index contributed by atoms with van der Waals surface area (Å²) in [6.45, 7) is 3.84. The van der Waals surface area contributed by atoms with Crippen LogP contribution < -0.4 is 10.6 Å². The number of hydrogen-bond acceptors (Lipinski definition) is 4. The zero-order valence-electron chi connectivity index (χ0n) is 15.7. The third kappa shape index (κ3) is 3.40. The predicted molar refractivity (Wildman–Crippen MR) is 112 cm³/mol. The predicted octanol–water partition coefficient (Wildman–Crippen LogP) is 4.32. The average Bonchev–Trinajstić information content (AvgIpc) is 3.19. The van der Waals surface area contributed by atoms with Gasteiger partial charge in [-0.3, -0.25) is 9.59 Å². The Balaban J connectivity index is 1.70. The molecule has 3 heterocycles. The monoisotopic (exact) mass is 416 g/mol. The van der Waals surface area contributed by atoms with Gasteiger partial charge in [-0.25, -0.2) is 4.52 Å². The molecule has 1 aliphatic carbocycles. The number of halogens is 1. The van der Waals surface area contributed by atoms with Crippen molar-refractivity contribution >= 4 is 45.3 Å². The van der Waals surface area contributed by atoms with E-state index in [1.165, 1.54) is 16.2 Å². The Morgan fingerprint density at radius 1 is 1.21 bits per heavy atom. The SMILES string of the molecule is CC(C)NC(=O)c1c(NC(=O)c2nn3ccccc3c2Cl)sc2c1CCCC2. The van der Waals surface area contributed by atoms with Crippen molar-refractivity contribution in [2.24, 2.45) is 0 Å². The van der Waals surface area contributed by atoms with Crippen LogP contribution in [0.15, 0.2) is 24.4 Å². The van der Waals surface area contributed by atoms with Crippen LogP contribution in [0.3, 0.4) is 0 Å². The Hall–Kier alpha value is -2.38. The first-order valence-electron chi connectivity index (χ1n) is 9.35. The molecule has 6 nitrogen and oxygen atoms in total. The lowest BCUT2D eigenvalue weighted by Crippen LogP contribution is -2.31. The number of pyridine rings is 1. The van der Waals surface area contributed by atoms with E-state index in [-0.39, 0.29) is 17.6 Å². The number of hydrogen-bond donors (Lipinski definition) is 2. The molecule has 0 unspecified atom stereocenters. The van der Waals surface area contributed by atoms with Gasteiger partial charge in [0.2, 0.25) is 0 Å². The van der Waals surface area contributed by atoms with E-state index in [4.69, 9.17) is 11.6 Å². The molecular weight excluding hydrogens is 396 g/mol. The summed E-state index contributed by atoms with van der Waals surface area (Å²) in [5.41, 5.74) is 2.46. The molecule has 0 bridgehead atoms. The molecular formula is C20H21ClN4O2S. The second kappa shape index (κ2) is 7.56. The van der Waals surface area contributed by atoms with E-state index in [1.54, 1.807) is 16.8 Å². The molecule has 3 aromatic rings. The Morgan fingerprint density at radius 3 is 2.75 bits per heavy atom. The van der Waals surface area contributed by atoms with Gasteiger partial charge in [0, 0.05) is 17.1 Å². The van der Waals surface area contributed by atoms with E-state index >= 15 is 0 Å². The minimum Gasteiger partial charge on any atom is -0.350 e. The summed E-state index contributed by atoms with van der Waals surface area (Å²) in [4.78, 5) is 26.9. The van der Waals surface area contributed by atoms with Crippen LogP contribution in [0, 0.1) is 0 Å². The summed E-state index contributed by atoms with van der Waals surface area (Å²) in [6.07, 6.45) is 5.69. The number of carbonyl (C=O) groups excluding carboxylic acids is 2. The summed E-state index contributed by atoms with van der Waals surface area (Å²) in [5.74, 6) is -0.559. The number of fused-ring (bicyclic) bond motifs is 2. The highest BCUT2D eigenvalue weighted by Gasteiger charge is 2.28. The molecule has 0 saturated carbocycles. The second-order valence-corrected chi connectivity index (χ2v) is 8.67. The molecule has 0 saturated heterocycles. The average molecular weight is 417 g/mol. The maximum Gasteiger partial charge on any atom is 0.278 e. The fourth-order valence-corrected chi connectivity index (χ4v) is 5.06. The second-order valence-electron chi connectivity index (χ2n) is 7.19. The molecule has 0 atom stereocenters. The van der Waals surface area contributed by atoms with Gasteiger partial charge < -0.3 is 10.6 Å². The van der Waals surface area contributed by atoms with Crippen LogP contribution in [0.2, 0.25) is 5.02 Å².